The minimum Gasteiger partial charge on any atom is -0.396 e. The molecule has 5 nitrogen and oxygen atoms in total. The Hall–Kier alpha value is -0.200. The maximum Gasteiger partial charge on any atom is 0.169 e. The molecule has 0 radical (unpaired) electrons. The number of aliphatic hydroxyl groups excluding tert-OH is 1. The van der Waals surface area contributed by atoms with Crippen molar-refractivity contribution in [2.75, 3.05) is 6.61 Å². The average Bonchev–Trinajstić information content (AvgIpc) is 3.04. The molecule has 3 heterocycles. The predicted molar refractivity (Wildman–Crippen MR) is 82.0 cm³/mol. The SMILES string of the molecule is OCC[C@H]1CC[C@@H]2O[C@H]3C[C@]2(C[C@H]2OC4(CCCCC4)OC32)O1. The summed E-state index contributed by atoms with van der Waals surface area (Å²) < 4.78 is 25.8. The summed E-state index contributed by atoms with van der Waals surface area (Å²) >= 11 is 0. The van der Waals surface area contributed by atoms with Crippen molar-refractivity contribution in [2.24, 2.45) is 0 Å². The molecule has 5 fully saturated rings. The Morgan fingerprint density at radius 2 is 1.74 bits per heavy atom. The van der Waals surface area contributed by atoms with E-state index in [0.717, 1.165) is 44.9 Å². The first kappa shape index (κ1) is 15.1. The van der Waals surface area contributed by atoms with Gasteiger partial charge in [0.05, 0.1) is 30.0 Å². The van der Waals surface area contributed by atoms with Crippen molar-refractivity contribution in [3.8, 4) is 0 Å². The summed E-state index contributed by atoms with van der Waals surface area (Å²) in [6, 6.07) is 0. The number of hydrogen-bond acceptors (Lipinski definition) is 5. The number of rotatable bonds is 2. The van der Waals surface area contributed by atoms with Crippen LogP contribution in [0.4, 0.5) is 0 Å². The van der Waals surface area contributed by atoms with Gasteiger partial charge in [0.25, 0.3) is 0 Å². The number of fused-ring (bicyclic) bond motifs is 3. The third kappa shape index (κ3) is 2.31. The second-order valence-electron chi connectivity index (χ2n) is 8.18. The molecule has 2 spiro atoms. The molecule has 2 saturated carbocycles. The third-order valence-corrected chi connectivity index (χ3v) is 6.69. The smallest absolute Gasteiger partial charge is 0.169 e. The highest BCUT2D eigenvalue weighted by molar-refractivity contribution is 5.12. The van der Waals surface area contributed by atoms with Gasteiger partial charge < -0.3 is 24.1 Å². The topological polar surface area (TPSA) is 57.2 Å². The van der Waals surface area contributed by atoms with Crippen molar-refractivity contribution in [3.63, 3.8) is 0 Å². The van der Waals surface area contributed by atoms with E-state index in [2.05, 4.69) is 0 Å². The lowest BCUT2D eigenvalue weighted by molar-refractivity contribution is -0.216. The zero-order valence-electron chi connectivity index (χ0n) is 13.7. The zero-order valence-corrected chi connectivity index (χ0v) is 13.7. The fourth-order valence-corrected chi connectivity index (χ4v) is 5.68. The Bertz CT molecular complexity index is 462. The fourth-order valence-electron chi connectivity index (χ4n) is 5.68. The van der Waals surface area contributed by atoms with E-state index in [1.807, 2.05) is 0 Å². The molecular weight excluding hydrogens is 296 g/mol. The largest absolute Gasteiger partial charge is 0.396 e. The van der Waals surface area contributed by atoms with E-state index in [-0.39, 0.29) is 48.5 Å². The van der Waals surface area contributed by atoms with Crippen LogP contribution in [0.1, 0.15) is 64.2 Å². The highest BCUT2D eigenvalue weighted by Gasteiger charge is 2.65. The standard InChI is InChI=1S/C18H28O5/c19-9-6-12-4-5-15-17(21-12)10-13(20-15)16-14(11-17)22-18(23-16)7-2-1-3-8-18/h12-16,19H,1-11H2/t12-,13+,14-,15+,16?,17-/m1/s1. The summed E-state index contributed by atoms with van der Waals surface area (Å²) in [6.07, 6.45) is 11.0. The zero-order chi connectivity index (χ0) is 15.5. The van der Waals surface area contributed by atoms with Crippen LogP contribution in [0.25, 0.3) is 0 Å². The Balaban J connectivity index is 1.36. The van der Waals surface area contributed by atoms with Gasteiger partial charge in [-0.15, -0.1) is 0 Å². The lowest BCUT2D eigenvalue weighted by Crippen LogP contribution is -2.53. The van der Waals surface area contributed by atoms with E-state index < -0.39 is 0 Å². The van der Waals surface area contributed by atoms with Gasteiger partial charge in [-0.2, -0.15) is 0 Å². The molecule has 1 unspecified atom stereocenters. The van der Waals surface area contributed by atoms with Gasteiger partial charge in [-0.05, 0) is 32.1 Å². The van der Waals surface area contributed by atoms with Crippen molar-refractivity contribution in [3.05, 3.63) is 0 Å². The molecule has 0 amide bonds. The molecule has 2 aliphatic carbocycles. The van der Waals surface area contributed by atoms with Crippen LogP contribution in [0, 0.1) is 0 Å². The molecule has 3 aliphatic heterocycles. The van der Waals surface area contributed by atoms with E-state index >= 15 is 0 Å². The monoisotopic (exact) mass is 324 g/mol. The van der Waals surface area contributed by atoms with Gasteiger partial charge in [0.15, 0.2) is 5.79 Å². The molecule has 3 saturated heterocycles. The molecule has 0 aromatic carbocycles. The highest BCUT2D eigenvalue weighted by atomic mass is 16.8. The summed E-state index contributed by atoms with van der Waals surface area (Å²) in [7, 11) is 0. The van der Waals surface area contributed by atoms with Crippen LogP contribution in [-0.2, 0) is 18.9 Å². The first-order chi connectivity index (χ1) is 11.2. The Morgan fingerprint density at radius 3 is 2.57 bits per heavy atom. The summed E-state index contributed by atoms with van der Waals surface area (Å²) in [5.41, 5.74) is -0.201. The van der Waals surface area contributed by atoms with Gasteiger partial charge in [-0.3, -0.25) is 0 Å². The van der Waals surface area contributed by atoms with E-state index in [1.54, 1.807) is 0 Å². The maximum atomic E-state index is 9.24. The summed E-state index contributed by atoms with van der Waals surface area (Å²) in [5, 5.41) is 9.24. The molecule has 2 bridgehead atoms. The maximum absolute atomic E-state index is 9.24. The molecule has 0 aromatic rings. The first-order valence-electron chi connectivity index (χ1n) is 9.52. The van der Waals surface area contributed by atoms with E-state index in [0.29, 0.717) is 0 Å². The van der Waals surface area contributed by atoms with Crippen molar-refractivity contribution in [1.82, 2.24) is 0 Å². The van der Waals surface area contributed by atoms with Crippen LogP contribution in [0.15, 0.2) is 0 Å². The highest BCUT2D eigenvalue weighted by Crippen LogP contribution is 2.55. The number of hydrogen-bond donors (Lipinski definition) is 1. The predicted octanol–water partition coefficient (Wildman–Crippen LogP) is 2.29. The van der Waals surface area contributed by atoms with Gasteiger partial charge in [0, 0.05) is 32.3 Å². The van der Waals surface area contributed by atoms with Crippen LogP contribution in [0.2, 0.25) is 0 Å². The molecule has 5 aliphatic rings. The summed E-state index contributed by atoms with van der Waals surface area (Å²) in [4.78, 5) is 0. The van der Waals surface area contributed by atoms with Crippen LogP contribution < -0.4 is 0 Å². The van der Waals surface area contributed by atoms with Crippen molar-refractivity contribution >= 4 is 0 Å². The Labute approximate surface area is 137 Å². The van der Waals surface area contributed by atoms with E-state index in [1.165, 1.54) is 19.3 Å². The Morgan fingerprint density at radius 1 is 0.913 bits per heavy atom. The third-order valence-electron chi connectivity index (χ3n) is 6.69. The van der Waals surface area contributed by atoms with Gasteiger partial charge in [0.2, 0.25) is 0 Å². The molecule has 130 valence electrons. The van der Waals surface area contributed by atoms with E-state index in [4.69, 9.17) is 18.9 Å². The Kier molecular flexibility index (Phi) is 3.54. The van der Waals surface area contributed by atoms with Crippen molar-refractivity contribution < 1.29 is 24.1 Å². The molecule has 23 heavy (non-hydrogen) atoms. The van der Waals surface area contributed by atoms with Crippen LogP contribution in [0.5, 0.6) is 0 Å². The van der Waals surface area contributed by atoms with Crippen molar-refractivity contribution in [2.45, 2.75) is 106 Å². The molecular formula is C18H28O5. The molecule has 0 aromatic heterocycles. The molecule has 5 rings (SSSR count). The molecule has 5 heteroatoms. The fraction of sp³-hybridized carbons (Fsp3) is 1.00. The minimum atomic E-state index is -0.341. The lowest BCUT2D eigenvalue weighted by Gasteiger charge is -2.44. The second kappa shape index (κ2) is 5.40. The normalized spacial score (nSPS) is 50.7. The van der Waals surface area contributed by atoms with Gasteiger partial charge >= 0.3 is 0 Å². The van der Waals surface area contributed by atoms with Gasteiger partial charge in [-0.25, -0.2) is 0 Å². The van der Waals surface area contributed by atoms with Crippen LogP contribution in [0.3, 0.4) is 0 Å². The van der Waals surface area contributed by atoms with Crippen LogP contribution in [-0.4, -0.2) is 53.6 Å². The van der Waals surface area contributed by atoms with Crippen molar-refractivity contribution in [1.29, 1.82) is 0 Å². The summed E-state index contributed by atoms with van der Waals surface area (Å²) in [6.45, 7) is 0.199. The van der Waals surface area contributed by atoms with Crippen LogP contribution >= 0.6 is 0 Å². The first-order valence-corrected chi connectivity index (χ1v) is 9.52. The number of ether oxygens (including phenoxy) is 4. The average molecular weight is 324 g/mol. The van der Waals surface area contributed by atoms with E-state index in [9.17, 15) is 5.11 Å². The molecule has 6 atom stereocenters. The quantitative estimate of drug-likeness (QED) is 0.844. The molecule has 1 N–H and O–H groups in total. The lowest BCUT2D eigenvalue weighted by atomic mass is 9.76. The number of aliphatic hydroxyl groups is 1. The second-order valence-corrected chi connectivity index (χ2v) is 8.18. The summed E-state index contributed by atoms with van der Waals surface area (Å²) in [5.74, 6) is -0.341. The minimum absolute atomic E-state index is 0.0872. The van der Waals surface area contributed by atoms with Gasteiger partial charge in [0.1, 0.15) is 6.10 Å². The van der Waals surface area contributed by atoms with Gasteiger partial charge in [-0.1, -0.05) is 6.42 Å².